The average Bonchev–Trinajstić information content (AvgIpc) is 3.25. The van der Waals surface area contributed by atoms with E-state index < -0.39 is 35.2 Å². The first-order valence-electron chi connectivity index (χ1n) is 12.6. The van der Waals surface area contributed by atoms with Crippen molar-refractivity contribution < 1.29 is 34.2 Å². The number of aryl methyl sites for hydroxylation is 1. The first-order valence-corrected chi connectivity index (χ1v) is 12.6. The van der Waals surface area contributed by atoms with E-state index in [4.69, 9.17) is 4.74 Å². The van der Waals surface area contributed by atoms with Gasteiger partial charge in [0.1, 0.15) is 12.1 Å². The van der Waals surface area contributed by atoms with Crippen LogP contribution in [0.4, 0.5) is 0 Å². The van der Waals surface area contributed by atoms with Gasteiger partial charge < -0.3 is 19.6 Å². The second-order valence-electron chi connectivity index (χ2n) is 9.49. The summed E-state index contributed by atoms with van der Waals surface area (Å²) in [5, 5.41) is 22.1. The standard InChI is InChI=1S/C25H35N3O8/c1-17(26-20(24(30)31)13-12-18-8-3-2-4-9-18)23(29)27-21-11-6-5-10-19(21)16-22(27)25(32)35-14-7-15-36-28(33)34/h2-4,8-9,17,19-22,26H,5-7,10-16H2,1H3,(H,30,31). The quantitative estimate of drug-likeness (QED) is 0.178. The summed E-state index contributed by atoms with van der Waals surface area (Å²) in [5.41, 5.74) is 1.01. The maximum Gasteiger partial charge on any atom is 0.328 e. The number of aliphatic carboxylic acids is 1. The lowest BCUT2D eigenvalue weighted by molar-refractivity contribution is -0.757. The predicted molar refractivity (Wildman–Crippen MR) is 128 cm³/mol. The third-order valence-electron chi connectivity index (χ3n) is 7.03. The molecule has 1 saturated heterocycles. The van der Waals surface area contributed by atoms with Gasteiger partial charge in [0, 0.05) is 12.5 Å². The Hall–Kier alpha value is -3.21. The molecule has 1 aromatic rings. The fraction of sp³-hybridized carbons (Fsp3) is 0.640. The Morgan fingerprint density at radius 3 is 2.61 bits per heavy atom. The summed E-state index contributed by atoms with van der Waals surface area (Å²) in [4.78, 5) is 54.5. The number of carboxylic acid groups (broad SMARTS) is 1. The summed E-state index contributed by atoms with van der Waals surface area (Å²) >= 11 is 0. The van der Waals surface area contributed by atoms with Crippen molar-refractivity contribution in [1.82, 2.24) is 10.2 Å². The van der Waals surface area contributed by atoms with Crippen LogP contribution in [0.1, 0.15) is 57.4 Å². The van der Waals surface area contributed by atoms with Gasteiger partial charge >= 0.3 is 11.9 Å². The van der Waals surface area contributed by atoms with Crippen LogP contribution in [0.15, 0.2) is 30.3 Å². The van der Waals surface area contributed by atoms with Crippen molar-refractivity contribution in [3.05, 3.63) is 46.0 Å². The van der Waals surface area contributed by atoms with E-state index in [1.165, 1.54) is 0 Å². The van der Waals surface area contributed by atoms with Gasteiger partial charge in [-0.15, -0.1) is 10.1 Å². The fourth-order valence-corrected chi connectivity index (χ4v) is 5.28. The molecule has 2 N–H and O–H groups in total. The number of nitrogens with one attached hydrogen (secondary N) is 1. The van der Waals surface area contributed by atoms with Crippen LogP contribution in [0.3, 0.4) is 0 Å². The molecule has 1 aliphatic carbocycles. The summed E-state index contributed by atoms with van der Waals surface area (Å²) < 4.78 is 5.33. The van der Waals surface area contributed by atoms with E-state index >= 15 is 0 Å². The number of amides is 1. The van der Waals surface area contributed by atoms with Crippen molar-refractivity contribution in [3.63, 3.8) is 0 Å². The molecule has 1 aromatic carbocycles. The van der Waals surface area contributed by atoms with Gasteiger partial charge in [-0.3, -0.25) is 14.9 Å². The molecule has 2 aliphatic rings. The molecule has 198 valence electrons. The smallest absolute Gasteiger partial charge is 0.328 e. The van der Waals surface area contributed by atoms with E-state index in [-0.39, 0.29) is 37.5 Å². The van der Waals surface area contributed by atoms with Crippen LogP contribution < -0.4 is 5.32 Å². The average molecular weight is 506 g/mol. The monoisotopic (exact) mass is 505 g/mol. The van der Waals surface area contributed by atoms with Crippen LogP contribution in [-0.2, 0) is 30.4 Å². The second kappa shape index (κ2) is 13.2. The minimum atomic E-state index is -1.03. The van der Waals surface area contributed by atoms with E-state index in [1.54, 1.807) is 11.8 Å². The molecule has 5 atom stereocenters. The highest BCUT2D eigenvalue weighted by Crippen LogP contribution is 2.40. The minimum Gasteiger partial charge on any atom is -0.480 e. The molecule has 0 spiro atoms. The summed E-state index contributed by atoms with van der Waals surface area (Å²) in [5.74, 6) is -1.69. The van der Waals surface area contributed by atoms with Crippen LogP contribution in [0.2, 0.25) is 0 Å². The number of carbonyl (C=O) groups excluding carboxylic acids is 2. The molecule has 0 aromatic heterocycles. The van der Waals surface area contributed by atoms with E-state index in [1.807, 2.05) is 30.3 Å². The highest BCUT2D eigenvalue weighted by Gasteiger charge is 2.49. The summed E-state index contributed by atoms with van der Waals surface area (Å²) in [7, 11) is 0. The number of fused-ring (bicyclic) bond motifs is 1. The number of esters is 1. The largest absolute Gasteiger partial charge is 0.480 e. The molecule has 0 bridgehead atoms. The number of likely N-dealkylation sites (tertiary alicyclic amines) is 1. The van der Waals surface area contributed by atoms with Crippen molar-refractivity contribution in [2.45, 2.75) is 82.5 Å². The Labute approximate surface area is 210 Å². The maximum atomic E-state index is 13.6. The van der Waals surface area contributed by atoms with E-state index in [9.17, 15) is 29.6 Å². The van der Waals surface area contributed by atoms with Gasteiger partial charge in [-0.05, 0) is 50.5 Å². The number of hydrogen-bond acceptors (Lipinski definition) is 8. The Morgan fingerprint density at radius 1 is 1.19 bits per heavy atom. The molecule has 36 heavy (non-hydrogen) atoms. The van der Waals surface area contributed by atoms with Crippen LogP contribution in [0.25, 0.3) is 0 Å². The molecule has 1 amide bonds. The highest BCUT2D eigenvalue weighted by atomic mass is 16.9. The Bertz CT molecular complexity index is 912. The van der Waals surface area contributed by atoms with Crippen LogP contribution in [0.5, 0.6) is 0 Å². The number of rotatable bonds is 13. The molecule has 5 unspecified atom stereocenters. The van der Waals surface area contributed by atoms with Crippen molar-refractivity contribution >= 4 is 17.8 Å². The molecular weight excluding hydrogens is 470 g/mol. The van der Waals surface area contributed by atoms with Crippen molar-refractivity contribution in [2.75, 3.05) is 13.2 Å². The molecule has 1 aliphatic heterocycles. The van der Waals surface area contributed by atoms with Crippen LogP contribution in [-0.4, -0.2) is 70.3 Å². The zero-order chi connectivity index (χ0) is 26.1. The van der Waals surface area contributed by atoms with Gasteiger partial charge in [0.05, 0.1) is 19.3 Å². The van der Waals surface area contributed by atoms with Gasteiger partial charge in [-0.2, -0.15) is 0 Å². The SMILES string of the molecule is CC(NC(CCc1ccccc1)C(=O)O)C(=O)N1C(C(=O)OCCCO[N+](=O)[O-])CC2CCCCC21. The highest BCUT2D eigenvalue weighted by molar-refractivity contribution is 5.89. The fourth-order valence-electron chi connectivity index (χ4n) is 5.28. The lowest BCUT2D eigenvalue weighted by Gasteiger charge is -2.35. The Morgan fingerprint density at radius 2 is 1.92 bits per heavy atom. The predicted octanol–water partition coefficient (Wildman–Crippen LogP) is 2.35. The Kier molecular flexibility index (Phi) is 10.0. The molecule has 0 radical (unpaired) electrons. The zero-order valence-electron chi connectivity index (χ0n) is 20.5. The van der Waals surface area contributed by atoms with Crippen molar-refractivity contribution in [3.8, 4) is 0 Å². The number of ether oxygens (including phenoxy) is 1. The first-order chi connectivity index (χ1) is 17.3. The van der Waals surface area contributed by atoms with Gasteiger partial charge in [0.25, 0.3) is 5.09 Å². The van der Waals surface area contributed by atoms with Crippen LogP contribution >= 0.6 is 0 Å². The normalized spacial score (nSPS) is 22.8. The second-order valence-corrected chi connectivity index (χ2v) is 9.49. The summed E-state index contributed by atoms with van der Waals surface area (Å²) in [6, 6.07) is 7.00. The van der Waals surface area contributed by atoms with E-state index in [0.717, 1.165) is 31.2 Å². The van der Waals surface area contributed by atoms with Gasteiger partial charge in [-0.1, -0.05) is 43.2 Å². The molecule has 2 fully saturated rings. The van der Waals surface area contributed by atoms with Gasteiger partial charge in [0.2, 0.25) is 5.91 Å². The molecule has 11 nitrogen and oxygen atoms in total. The molecule has 1 heterocycles. The Balaban J connectivity index is 1.63. The van der Waals surface area contributed by atoms with Crippen LogP contribution in [0, 0.1) is 16.0 Å². The lowest BCUT2D eigenvalue weighted by atomic mass is 9.84. The summed E-state index contributed by atoms with van der Waals surface area (Å²) in [6.45, 7) is 1.41. The molecular formula is C25H35N3O8. The third kappa shape index (κ3) is 7.39. The van der Waals surface area contributed by atoms with Gasteiger partial charge in [0.15, 0.2) is 0 Å². The number of carbonyl (C=O) groups is 3. The topological polar surface area (TPSA) is 148 Å². The number of carboxylic acids is 1. The van der Waals surface area contributed by atoms with Crippen molar-refractivity contribution in [1.29, 1.82) is 0 Å². The van der Waals surface area contributed by atoms with E-state index in [2.05, 4.69) is 10.2 Å². The lowest BCUT2D eigenvalue weighted by Crippen LogP contribution is -2.55. The zero-order valence-corrected chi connectivity index (χ0v) is 20.5. The number of benzene rings is 1. The minimum absolute atomic E-state index is 0.0467. The van der Waals surface area contributed by atoms with Crippen molar-refractivity contribution in [2.24, 2.45) is 5.92 Å². The summed E-state index contributed by atoms with van der Waals surface area (Å²) in [6.07, 6.45) is 5.25. The third-order valence-corrected chi connectivity index (χ3v) is 7.03. The maximum absolute atomic E-state index is 13.6. The van der Waals surface area contributed by atoms with E-state index in [0.29, 0.717) is 19.3 Å². The molecule has 11 heteroatoms. The number of nitrogens with zero attached hydrogens (tertiary/aromatic N) is 2. The molecule has 3 rings (SSSR count). The molecule has 1 saturated carbocycles. The van der Waals surface area contributed by atoms with Gasteiger partial charge in [-0.25, -0.2) is 4.79 Å². The number of hydrogen-bond donors (Lipinski definition) is 2. The first kappa shape index (κ1) is 27.4.